The van der Waals surface area contributed by atoms with Crippen LogP contribution in [0.4, 0.5) is 0 Å². The number of fused-ring (bicyclic) bond motifs is 1. The maximum atomic E-state index is 5.33. The first kappa shape index (κ1) is 13.1. The molecule has 2 aromatic rings. The molecule has 1 aliphatic carbocycles. The number of aromatic nitrogens is 2. The first-order chi connectivity index (χ1) is 9.83. The lowest BCUT2D eigenvalue weighted by atomic mass is 9.99. The number of nitrogens with one attached hydrogen (secondary N) is 1. The third-order valence-electron chi connectivity index (χ3n) is 3.90. The summed E-state index contributed by atoms with van der Waals surface area (Å²) in [4.78, 5) is 8.68. The van der Waals surface area contributed by atoms with Gasteiger partial charge in [-0.05, 0) is 43.0 Å². The predicted molar refractivity (Wildman–Crippen MR) is 78.0 cm³/mol. The summed E-state index contributed by atoms with van der Waals surface area (Å²) in [6, 6.07) is 6.71. The smallest absolute Gasteiger partial charge is 0.237 e. The van der Waals surface area contributed by atoms with E-state index in [0.29, 0.717) is 5.88 Å². The largest absolute Gasteiger partial charge is 0.480 e. The minimum absolute atomic E-state index is 0.00421. The molecule has 0 spiro atoms. The first-order valence-electron chi connectivity index (χ1n) is 6.97. The van der Waals surface area contributed by atoms with Crippen molar-refractivity contribution in [2.45, 2.75) is 25.3 Å². The zero-order valence-electron chi connectivity index (χ0n) is 11.9. The summed E-state index contributed by atoms with van der Waals surface area (Å²) in [7, 11) is 3.56. The molecule has 104 valence electrons. The van der Waals surface area contributed by atoms with Crippen molar-refractivity contribution in [3.05, 3.63) is 53.0 Å². The van der Waals surface area contributed by atoms with E-state index in [1.807, 2.05) is 7.05 Å². The molecule has 1 aromatic heterocycles. The number of methoxy groups -OCH3 is 1. The summed E-state index contributed by atoms with van der Waals surface area (Å²) in [6.45, 7) is 0. The zero-order valence-corrected chi connectivity index (χ0v) is 11.9. The minimum Gasteiger partial charge on any atom is -0.480 e. The molecule has 4 heteroatoms. The molecule has 1 aliphatic rings. The number of hydrogen-bond donors (Lipinski definition) is 1. The third kappa shape index (κ3) is 2.27. The molecule has 1 atom stereocenters. The summed E-state index contributed by atoms with van der Waals surface area (Å²) in [6.07, 6.45) is 7.00. The van der Waals surface area contributed by atoms with Crippen molar-refractivity contribution in [2.24, 2.45) is 0 Å². The topological polar surface area (TPSA) is 47.0 Å². The fourth-order valence-corrected chi connectivity index (χ4v) is 2.92. The highest BCUT2D eigenvalue weighted by molar-refractivity contribution is 5.40. The monoisotopic (exact) mass is 269 g/mol. The predicted octanol–water partition coefficient (Wildman–Crippen LogP) is 2.28. The van der Waals surface area contributed by atoms with E-state index in [1.165, 1.54) is 36.0 Å². The lowest BCUT2D eigenvalue weighted by Crippen LogP contribution is -2.20. The summed E-state index contributed by atoms with van der Waals surface area (Å²) in [5.41, 5.74) is 4.99. The number of benzene rings is 1. The van der Waals surface area contributed by atoms with Gasteiger partial charge in [-0.3, -0.25) is 4.98 Å². The zero-order chi connectivity index (χ0) is 13.9. The summed E-state index contributed by atoms with van der Waals surface area (Å²) < 4.78 is 5.33. The second-order valence-corrected chi connectivity index (χ2v) is 5.05. The van der Waals surface area contributed by atoms with Crippen LogP contribution in [-0.2, 0) is 12.8 Å². The molecule has 1 aromatic carbocycles. The standard InChI is InChI=1S/C16H19N3O/c1-17-14(15-16(20-2)19-9-8-18-15)13-7-6-11-4-3-5-12(11)10-13/h6-10,14,17H,3-5H2,1-2H3. The molecular formula is C16H19N3O. The van der Waals surface area contributed by atoms with Crippen LogP contribution in [0.25, 0.3) is 0 Å². The van der Waals surface area contributed by atoms with Gasteiger partial charge in [-0.25, -0.2) is 4.98 Å². The quantitative estimate of drug-likeness (QED) is 0.925. The van der Waals surface area contributed by atoms with E-state index in [4.69, 9.17) is 4.74 Å². The normalized spacial score (nSPS) is 14.9. The first-order valence-corrected chi connectivity index (χ1v) is 6.97. The van der Waals surface area contributed by atoms with Gasteiger partial charge >= 0.3 is 0 Å². The maximum absolute atomic E-state index is 5.33. The van der Waals surface area contributed by atoms with Crippen molar-refractivity contribution >= 4 is 0 Å². The molecule has 4 nitrogen and oxygen atoms in total. The minimum atomic E-state index is 0.00421. The Labute approximate surface area is 119 Å². The highest BCUT2D eigenvalue weighted by Crippen LogP contribution is 2.30. The molecule has 0 saturated heterocycles. The lowest BCUT2D eigenvalue weighted by Gasteiger charge is -2.18. The van der Waals surface area contributed by atoms with Crippen molar-refractivity contribution in [1.82, 2.24) is 15.3 Å². The summed E-state index contributed by atoms with van der Waals surface area (Å²) in [5, 5.41) is 3.32. The van der Waals surface area contributed by atoms with Crippen LogP contribution in [-0.4, -0.2) is 24.1 Å². The van der Waals surface area contributed by atoms with Crippen LogP contribution in [0.1, 0.15) is 34.8 Å². The van der Waals surface area contributed by atoms with Crippen molar-refractivity contribution < 1.29 is 4.74 Å². The Kier molecular flexibility index (Phi) is 3.65. The van der Waals surface area contributed by atoms with Crippen molar-refractivity contribution in [1.29, 1.82) is 0 Å². The van der Waals surface area contributed by atoms with Gasteiger partial charge in [0.15, 0.2) is 0 Å². The maximum Gasteiger partial charge on any atom is 0.237 e. The fourth-order valence-electron chi connectivity index (χ4n) is 2.92. The van der Waals surface area contributed by atoms with Gasteiger partial charge in [0.2, 0.25) is 5.88 Å². The van der Waals surface area contributed by atoms with Crippen LogP contribution in [0.2, 0.25) is 0 Å². The van der Waals surface area contributed by atoms with Crippen molar-refractivity contribution in [3.63, 3.8) is 0 Å². The van der Waals surface area contributed by atoms with Crippen LogP contribution in [0.3, 0.4) is 0 Å². The Morgan fingerprint density at radius 2 is 1.95 bits per heavy atom. The molecule has 0 aliphatic heterocycles. The summed E-state index contributed by atoms with van der Waals surface area (Å²) in [5.74, 6) is 0.576. The molecule has 1 heterocycles. The third-order valence-corrected chi connectivity index (χ3v) is 3.90. The Balaban J connectivity index is 2.01. The Morgan fingerprint density at radius 1 is 1.15 bits per heavy atom. The number of hydrogen-bond acceptors (Lipinski definition) is 4. The molecule has 0 saturated carbocycles. The van der Waals surface area contributed by atoms with Crippen molar-refractivity contribution in [2.75, 3.05) is 14.2 Å². The summed E-state index contributed by atoms with van der Waals surface area (Å²) >= 11 is 0. The van der Waals surface area contributed by atoms with E-state index < -0.39 is 0 Å². The van der Waals surface area contributed by atoms with Gasteiger partial charge in [-0.1, -0.05) is 18.2 Å². The number of rotatable bonds is 4. The average molecular weight is 269 g/mol. The van der Waals surface area contributed by atoms with Gasteiger partial charge in [-0.2, -0.15) is 0 Å². The number of aryl methyl sites for hydroxylation is 2. The Hall–Kier alpha value is -1.94. The van der Waals surface area contributed by atoms with E-state index in [9.17, 15) is 0 Å². The van der Waals surface area contributed by atoms with Gasteiger partial charge in [0, 0.05) is 12.4 Å². The van der Waals surface area contributed by atoms with Gasteiger partial charge in [-0.15, -0.1) is 0 Å². The van der Waals surface area contributed by atoms with Gasteiger partial charge in [0.05, 0.1) is 13.2 Å². The van der Waals surface area contributed by atoms with Gasteiger partial charge < -0.3 is 10.1 Å². The lowest BCUT2D eigenvalue weighted by molar-refractivity contribution is 0.384. The number of ether oxygens (including phenoxy) is 1. The van der Waals surface area contributed by atoms with Crippen LogP contribution >= 0.6 is 0 Å². The molecule has 0 bridgehead atoms. The molecule has 0 fully saturated rings. The van der Waals surface area contributed by atoms with E-state index in [-0.39, 0.29) is 6.04 Å². The highest BCUT2D eigenvalue weighted by Gasteiger charge is 2.21. The Morgan fingerprint density at radius 3 is 2.75 bits per heavy atom. The second-order valence-electron chi connectivity index (χ2n) is 5.05. The average Bonchev–Trinajstić information content (AvgIpc) is 2.96. The van der Waals surface area contributed by atoms with E-state index >= 15 is 0 Å². The molecule has 0 radical (unpaired) electrons. The molecule has 3 rings (SSSR count). The molecule has 20 heavy (non-hydrogen) atoms. The Bertz CT molecular complexity index is 612. The van der Waals surface area contributed by atoms with Crippen LogP contribution < -0.4 is 10.1 Å². The molecular weight excluding hydrogens is 250 g/mol. The van der Waals surface area contributed by atoms with E-state index in [2.05, 4.69) is 33.5 Å². The van der Waals surface area contributed by atoms with Crippen LogP contribution in [0.15, 0.2) is 30.6 Å². The number of nitrogens with zero attached hydrogens (tertiary/aromatic N) is 2. The SMILES string of the molecule is CNC(c1ccc2c(c1)CCC2)c1nccnc1OC. The van der Waals surface area contributed by atoms with Crippen molar-refractivity contribution in [3.8, 4) is 5.88 Å². The van der Waals surface area contributed by atoms with Gasteiger partial charge in [0.25, 0.3) is 0 Å². The molecule has 1 N–H and O–H groups in total. The fraction of sp³-hybridized carbons (Fsp3) is 0.375. The van der Waals surface area contributed by atoms with Gasteiger partial charge in [0.1, 0.15) is 5.69 Å². The van der Waals surface area contributed by atoms with E-state index in [0.717, 1.165) is 5.69 Å². The highest BCUT2D eigenvalue weighted by atomic mass is 16.5. The van der Waals surface area contributed by atoms with Crippen LogP contribution in [0.5, 0.6) is 5.88 Å². The molecule has 0 amide bonds. The second kappa shape index (κ2) is 5.59. The van der Waals surface area contributed by atoms with E-state index in [1.54, 1.807) is 19.5 Å². The van der Waals surface area contributed by atoms with Crippen LogP contribution in [0, 0.1) is 0 Å². The molecule has 1 unspecified atom stereocenters.